The lowest BCUT2D eigenvalue weighted by Crippen LogP contribution is -2.25. The molecule has 1 saturated heterocycles. The van der Waals surface area contributed by atoms with E-state index in [1.54, 1.807) is 0 Å². The van der Waals surface area contributed by atoms with Crippen LogP contribution in [-0.2, 0) is 9.53 Å². The summed E-state index contributed by atoms with van der Waals surface area (Å²) in [4.78, 5) is 11.1. The van der Waals surface area contributed by atoms with Gasteiger partial charge in [0, 0.05) is 5.92 Å². The molecule has 0 radical (unpaired) electrons. The van der Waals surface area contributed by atoms with Gasteiger partial charge in [-0.3, -0.25) is 4.79 Å². The van der Waals surface area contributed by atoms with E-state index in [9.17, 15) is 4.79 Å². The third-order valence-corrected chi connectivity index (χ3v) is 2.61. The van der Waals surface area contributed by atoms with Crippen LogP contribution < -0.4 is 0 Å². The largest absolute Gasteiger partial charge is 0.462 e. The molecule has 0 saturated carbocycles. The van der Waals surface area contributed by atoms with Gasteiger partial charge in [-0.05, 0) is 11.8 Å². The Kier molecular flexibility index (Phi) is 2.76. The van der Waals surface area contributed by atoms with Crippen LogP contribution in [0.25, 0.3) is 0 Å². The van der Waals surface area contributed by atoms with Gasteiger partial charge in [0.15, 0.2) is 0 Å². The number of cyclic esters (lactones) is 1. The Morgan fingerprint density at radius 1 is 1.25 bits per heavy atom. The average Bonchev–Trinajstić information content (AvgIpc) is 2.31. The van der Waals surface area contributed by atoms with Crippen molar-refractivity contribution in [2.75, 3.05) is 0 Å². The Morgan fingerprint density at radius 3 is 2.17 bits per heavy atom. The van der Waals surface area contributed by atoms with Gasteiger partial charge < -0.3 is 4.74 Å². The smallest absolute Gasteiger partial charge is 0.306 e. The lowest BCUT2D eigenvalue weighted by Gasteiger charge is -2.23. The van der Waals surface area contributed by atoms with Crippen LogP contribution in [0.4, 0.5) is 0 Å². The summed E-state index contributed by atoms with van der Waals surface area (Å²) in [6.45, 7) is 8.53. The standard InChI is InChI=1S/C10H18O2/c1-6(2)8-5-9(11)12-10(8)7(3)4/h6-8,10H,5H2,1-4H3/t8-,10+/m0/s1. The van der Waals surface area contributed by atoms with Crippen LogP contribution >= 0.6 is 0 Å². The molecule has 0 spiro atoms. The molecule has 0 aromatic rings. The van der Waals surface area contributed by atoms with Crippen LogP contribution in [0.5, 0.6) is 0 Å². The first-order valence-electron chi connectivity index (χ1n) is 4.72. The molecule has 0 aliphatic carbocycles. The zero-order valence-electron chi connectivity index (χ0n) is 8.33. The SMILES string of the molecule is CC(C)[C@H]1OC(=O)C[C@H]1C(C)C. The molecule has 1 heterocycles. The Bertz CT molecular complexity index is 155. The molecule has 12 heavy (non-hydrogen) atoms. The fourth-order valence-electron chi connectivity index (χ4n) is 1.84. The second-order valence-electron chi connectivity index (χ2n) is 4.31. The quantitative estimate of drug-likeness (QED) is 0.594. The first-order valence-corrected chi connectivity index (χ1v) is 4.72. The molecule has 70 valence electrons. The van der Waals surface area contributed by atoms with E-state index >= 15 is 0 Å². The molecule has 0 amide bonds. The molecule has 0 unspecified atom stereocenters. The van der Waals surface area contributed by atoms with Crippen molar-refractivity contribution in [1.82, 2.24) is 0 Å². The summed E-state index contributed by atoms with van der Waals surface area (Å²) in [6, 6.07) is 0. The minimum atomic E-state index is -0.0209. The highest BCUT2D eigenvalue weighted by atomic mass is 16.6. The van der Waals surface area contributed by atoms with Crippen LogP contribution in [0.2, 0.25) is 0 Å². The summed E-state index contributed by atoms with van der Waals surface area (Å²) in [5, 5.41) is 0. The molecule has 2 nitrogen and oxygen atoms in total. The van der Waals surface area contributed by atoms with Crippen molar-refractivity contribution in [3.8, 4) is 0 Å². The number of carbonyl (C=O) groups excluding carboxylic acids is 1. The van der Waals surface area contributed by atoms with Gasteiger partial charge in [0.1, 0.15) is 6.10 Å². The molecular weight excluding hydrogens is 152 g/mol. The zero-order chi connectivity index (χ0) is 9.30. The van der Waals surface area contributed by atoms with Crippen molar-refractivity contribution in [3.63, 3.8) is 0 Å². The van der Waals surface area contributed by atoms with Crippen molar-refractivity contribution in [2.45, 2.75) is 40.2 Å². The monoisotopic (exact) mass is 170 g/mol. The topological polar surface area (TPSA) is 26.3 Å². The van der Waals surface area contributed by atoms with Gasteiger partial charge in [-0.15, -0.1) is 0 Å². The van der Waals surface area contributed by atoms with Crippen molar-refractivity contribution >= 4 is 5.97 Å². The van der Waals surface area contributed by atoms with Gasteiger partial charge in [0.05, 0.1) is 6.42 Å². The molecule has 1 fully saturated rings. The average molecular weight is 170 g/mol. The summed E-state index contributed by atoms with van der Waals surface area (Å²) < 4.78 is 5.26. The number of carbonyl (C=O) groups is 1. The van der Waals surface area contributed by atoms with Crippen LogP contribution in [-0.4, -0.2) is 12.1 Å². The lowest BCUT2D eigenvalue weighted by atomic mass is 9.84. The van der Waals surface area contributed by atoms with Gasteiger partial charge in [-0.25, -0.2) is 0 Å². The highest BCUT2D eigenvalue weighted by molar-refractivity contribution is 5.72. The van der Waals surface area contributed by atoms with Gasteiger partial charge in [-0.2, -0.15) is 0 Å². The summed E-state index contributed by atoms with van der Waals surface area (Å²) in [7, 11) is 0. The molecule has 1 aliphatic heterocycles. The van der Waals surface area contributed by atoms with Gasteiger partial charge in [0.25, 0.3) is 0 Å². The van der Waals surface area contributed by atoms with Crippen LogP contribution in [0.3, 0.4) is 0 Å². The fraction of sp³-hybridized carbons (Fsp3) is 0.900. The zero-order valence-corrected chi connectivity index (χ0v) is 8.33. The second kappa shape index (κ2) is 3.46. The first kappa shape index (κ1) is 9.56. The van der Waals surface area contributed by atoms with Crippen molar-refractivity contribution in [3.05, 3.63) is 0 Å². The third kappa shape index (κ3) is 1.79. The van der Waals surface area contributed by atoms with Gasteiger partial charge >= 0.3 is 5.97 Å². The third-order valence-electron chi connectivity index (χ3n) is 2.61. The number of rotatable bonds is 2. The summed E-state index contributed by atoms with van der Waals surface area (Å²) >= 11 is 0. The predicted octanol–water partition coefficient (Wildman–Crippen LogP) is 2.23. The molecule has 1 rings (SSSR count). The Morgan fingerprint density at radius 2 is 1.83 bits per heavy atom. The Hall–Kier alpha value is -0.530. The Labute approximate surface area is 74.3 Å². The minimum absolute atomic E-state index is 0.0209. The highest BCUT2D eigenvalue weighted by Crippen LogP contribution is 2.32. The maximum Gasteiger partial charge on any atom is 0.306 e. The molecular formula is C10H18O2. The van der Waals surface area contributed by atoms with E-state index in [-0.39, 0.29) is 12.1 Å². The van der Waals surface area contributed by atoms with E-state index in [1.165, 1.54) is 0 Å². The minimum Gasteiger partial charge on any atom is -0.462 e. The number of ether oxygens (including phenoxy) is 1. The molecule has 1 aliphatic rings. The highest BCUT2D eigenvalue weighted by Gasteiger charge is 2.38. The summed E-state index contributed by atoms with van der Waals surface area (Å²) in [5.41, 5.74) is 0. The van der Waals surface area contributed by atoms with E-state index < -0.39 is 0 Å². The van der Waals surface area contributed by atoms with Crippen LogP contribution in [0, 0.1) is 17.8 Å². The predicted molar refractivity (Wildman–Crippen MR) is 47.7 cm³/mol. The van der Waals surface area contributed by atoms with Crippen molar-refractivity contribution in [1.29, 1.82) is 0 Å². The van der Waals surface area contributed by atoms with E-state index in [0.29, 0.717) is 24.2 Å². The van der Waals surface area contributed by atoms with Gasteiger partial charge in [0.2, 0.25) is 0 Å². The number of hydrogen-bond acceptors (Lipinski definition) is 2. The number of esters is 1. The van der Waals surface area contributed by atoms with Crippen LogP contribution in [0.1, 0.15) is 34.1 Å². The fourth-order valence-corrected chi connectivity index (χ4v) is 1.84. The molecule has 0 N–H and O–H groups in total. The normalized spacial score (nSPS) is 30.0. The van der Waals surface area contributed by atoms with E-state index in [1.807, 2.05) is 0 Å². The lowest BCUT2D eigenvalue weighted by molar-refractivity contribution is -0.143. The summed E-state index contributed by atoms with van der Waals surface area (Å²) in [5.74, 6) is 1.40. The molecule has 2 heteroatoms. The Balaban J connectivity index is 2.65. The molecule has 0 aromatic heterocycles. The molecule has 0 bridgehead atoms. The maximum atomic E-state index is 11.1. The van der Waals surface area contributed by atoms with E-state index in [0.717, 1.165) is 0 Å². The number of hydrogen-bond donors (Lipinski definition) is 0. The van der Waals surface area contributed by atoms with E-state index in [4.69, 9.17) is 4.74 Å². The van der Waals surface area contributed by atoms with Gasteiger partial charge in [-0.1, -0.05) is 27.7 Å². The van der Waals surface area contributed by atoms with Crippen LogP contribution in [0.15, 0.2) is 0 Å². The van der Waals surface area contributed by atoms with Crippen molar-refractivity contribution in [2.24, 2.45) is 17.8 Å². The van der Waals surface area contributed by atoms with E-state index in [2.05, 4.69) is 27.7 Å². The maximum absolute atomic E-state index is 11.1. The molecule has 2 atom stereocenters. The molecule has 0 aromatic carbocycles. The summed E-state index contributed by atoms with van der Waals surface area (Å²) in [6.07, 6.45) is 0.762. The first-order chi connectivity index (χ1) is 5.52. The second-order valence-corrected chi connectivity index (χ2v) is 4.31. The van der Waals surface area contributed by atoms with Crippen molar-refractivity contribution < 1.29 is 9.53 Å².